The molecular formula is C33H47N3O4. The second-order valence-corrected chi connectivity index (χ2v) is 12.7. The first-order chi connectivity index (χ1) is 19.2. The zero-order valence-electron chi connectivity index (χ0n) is 24.4. The molecule has 0 spiro atoms. The number of hydrogen-bond acceptors (Lipinski definition) is 5. The number of carbonyl (C=O) groups is 2. The van der Waals surface area contributed by atoms with Crippen molar-refractivity contribution in [2.75, 3.05) is 13.1 Å². The lowest BCUT2D eigenvalue weighted by Gasteiger charge is -2.47. The van der Waals surface area contributed by atoms with E-state index in [0.29, 0.717) is 31.2 Å². The summed E-state index contributed by atoms with van der Waals surface area (Å²) in [5, 5.41) is 17.6. The molecule has 1 saturated heterocycles. The van der Waals surface area contributed by atoms with Crippen LogP contribution in [0.25, 0.3) is 0 Å². The number of hydrogen-bond donors (Lipinski definition) is 3. The fourth-order valence-electron chi connectivity index (χ4n) is 6.34. The number of alkyl carbamates (subject to hydrolysis) is 1. The predicted molar refractivity (Wildman–Crippen MR) is 158 cm³/mol. The Kier molecular flexibility index (Phi) is 10.6. The molecule has 1 aliphatic carbocycles. The Labute approximate surface area is 239 Å². The Morgan fingerprint density at radius 3 is 2.25 bits per heavy atom. The van der Waals surface area contributed by atoms with Gasteiger partial charge < -0.3 is 20.5 Å². The monoisotopic (exact) mass is 549 g/mol. The molecule has 7 nitrogen and oxygen atoms in total. The van der Waals surface area contributed by atoms with Crippen LogP contribution in [0.2, 0.25) is 0 Å². The van der Waals surface area contributed by atoms with Crippen LogP contribution in [0.3, 0.4) is 0 Å². The van der Waals surface area contributed by atoms with Crippen molar-refractivity contribution in [3.05, 3.63) is 71.8 Å². The molecule has 40 heavy (non-hydrogen) atoms. The number of nitrogens with one attached hydrogen (secondary N) is 2. The third kappa shape index (κ3) is 9.34. The van der Waals surface area contributed by atoms with Crippen molar-refractivity contribution < 1.29 is 19.4 Å². The number of piperidine rings is 1. The molecule has 1 saturated carbocycles. The zero-order valence-corrected chi connectivity index (χ0v) is 24.4. The van der Waals surface area contributed by atoms with Crippen LogP contribution in [-0.2, 0) is 22.6 Å². The van der Waals surface area contributed by atoms with Gasteiger partial charge in [-0.05, 0) is 63.0 Å². The number of ether oxygens (including phenoxy) is 1. The number of fused-ring (bicyclic) bond motifs is 1. The van der Waals surface area contributed by atoms with Gasteiger partial charge in [-0.2, -0.15) is 0 Å². The van der Waals surface area contributed by atoms with Gasteiger partial charge in [0, 0.05) is 31.1 Å². The van der Waals surface area contributed by atoms with Gasteiger partial charge in [0.2, 0.25) is 5.91 Å². The zero-order chi connectivity index (χ0) is 28.5. The van der Waals surface area contributed by atoms with Crippen LogP contribution in [-0.4, -0.2) is 58.8 Å². The molecule has 2 aliphatic rings. The average Bonchev–Trinajstić information content (AvgIpc) is 2.92. The maximum Gasteiger partial charge on any atom is 0.407 e. The van der Waals surface area contributed by atoms with Crippen LogP contribution >= 0.6 is 0 Å². The maximum absolute atomic E-state index is 13.0. The van der Waals surface area contributed by atoms with Crippen molar-refractivity contribution in [1.82, 2.24) is 15.5 Å². The van der Waals surface area contributed by atoms with Crippen LogP contribution in [0, 0.1) is 11.8 Å². The van der Waals surface area contributed by atoms with Gasteiger partial charge in [0.15, 0.2) is 0 Å². The first-order valence-corrected chi connectivity index (χ1v) is 14.9. The summed E-state index contributed by atoms with van der Waals surface area (Å²) in [7, 11) is 0. The summed E-state index contributed by atoms with van der Waals surface area (Å²) in [4.78, 5) is 28.1. The van der Waals surface area contributed by atoms with Crippen molar-refractivity contribution >= 4 is 12.0 Å². The number of likely N-dealkylation sites (tertiary alicyclic amines) is 1. The van der Waals surface area contributed by atoms with Gasteiger partial charge in [0.1, 0.15) is 6.61 Å². The van der Waals surface area contributed by atoms with Gasteiger partial charge in [-0.3, -0.25) is 9.69 Å². The lowest BCUT2D eigenvalue weighted by atomic mass is 9.72. The van der Waals surface area contributed by atoms with Crippen molar-refractivity contribution in [2.24, 2.45) is 11.8 Å². The van der Waals surface area contributed by atoms with Crippen molar-refractivity contribution in [1.29, 1.82) is 0 Å². The van der Waals surface area contributed by atoms with Crippen LogP contribution in [0.1, 0.15) is 70.4 Å². The smallest absolute Gasteiger partial charge is 0.407 e. The van der Waals surface area contributed by atoms with E-state index in [2.05, 4.69) is 15.5 Å². The molecule has 0 unspecified atom stereocenters. The summed E-state index contributed by atoms with van der Waals surface area (Å²) in [6, 6.07) is 19.0. The molecule has 3 N–H and O–H groups in total. The molecule has 2 aromatic rings. The SMILES string of the molecule is CC(C)(C)NC(=O)C[C@@H]1C[C@@H]2CCCC[C@@H]2CN1C[C@@H](O)[C@H](Cc1ccccc1)NC(=O)OCc1ccccc1. The molecule has 1 aliphatic heterocycles. The third-order valence-electron chi connectivity index (χ3n) is 8.26. The van der Waals surface area contributed by atoms with E-state index in [-0.39, 0.29) is 24.1 Å². The molecule has 5 atom stereocenters. The molecule has 0 radical (unpaired) electrons. The molecule has 2 fully saturated rings. The van der Waals surface area contributed by atoms with Gasteiger partial charge in [0.25, 0.3) is 0 Å². The van der Waals surface area contributed by atoms with Crippen LogP contribution < -0.4 is 10.6 Å². The van der Waals surface area contributed by atoms with Crippen molar-refractivity contribution in [2.45, 2.75) is 96.1 Å². The molecule has 2 aromatic carbocycles. The minimum Gasteiger partial charge on any atom is -0.445 e. The Balaban J connectivity index is 1.45. The van der Waals surface area contributed by atoms with E-state index in [0.717, 1.165) is 24.1 Å². The third-order valence-corrected chi connectivity index (χ3v) is 8.26. The van der Waals surface area contributed by atoms with Gasteiger partial charge in [-0.15, -0.1) is 0 Å². The van der Waals surface area contributed by atoms with E-state index in [1.807, 2.05) is 81.4 Å². The number of benzene rings is 2. The standard InChI is InChI=1S/C33H47N3O4/c1-33(2,3)35-31(38)20-28-19-26-16-10-11-17-27(26)21-36(28)22-30(37)29(18-24-12-6-4-7-13-24)34-32(39)40-23-25-14-8-5-9-15-25/h4-9,12-15,26-30,37H,10-11,16-23H2,1-3H3,(H,34,39)(H,35,38)/t26-,27+,28-,29-,30+/m0/s1. The number of β-amino-alcohol motifs (C(OH)–C–C–N with tert-alkyl or cyclic N) is 1. The number of aliphatic hydroxyl groups excluding tert-OH is 1. The van der Waals surface area contributed by atoms with Crippen molar-refractivity contribution in [3.63, 3.8) is 0 Å². The lowest BCUT2D eigenvalue weighted by Crippen LogP contribution is -2.56. The molecule has 4 rings (SSSR count). The second kappa shape index (κ2) is 14.1. The average molecular weight is 550 g/mol. The normalized spacial score (nSPS) is 22.9. The summed E-state index contributed by atoms with van der Waals surface area (Å²) in [5.74, 6) is 1.29. The van der Waals surface area contributed by atoms with E-state index in [4.69, 9.17) is 4.74 Å². The largest absolute Gasteiger partial charge is 0.445 e. The Bertz CT molecular complexity index is 1070. The summed E-state index contributed by atoms with van der Waals surface area (Å²) in [6.07, 6.45) is 5.45. The fraction of sp³-hybridized carbons (Fsp3) is 0.576. The molecule has 2 amide bonds. The molecule has 0 aromatic heterocycles. The highest BCUT2D eigenvalue weighted by atomic mass is 16.5. The van der Waals surface area contributed by atoms with Crippen LogP contribution in [0.15, 0.2) is 60.7 Å². The number of aliphatic hydroxyl groups is 1. The van der Waals surface area contributed by atoms with E-state index in [1.54, 1.807) is 0 Å². The molecule has 7 heteroatoms. The molecule has 1 heterocycles. The lowest BCUT2D eigenvalue weighted by molar-refractivity contribution is -0.125. The van der Waals surface area contributed by atoms with Crippen LogP contribution in [0.5, 0.6) is 0 Å². The molecule has 0 bridgehead atoms. The Morgan fingerprint density at radius 1 is 0.975 bits per heavy atom. The van der Waals surface area contributed by atoms with E-state index >= 15 is 0 Å². The summed E-state index contributed by atoms with van der Waals surface area (Å²) < 4.78 is 5.50. The minimum absolute atomic E-state index is 0.0506. The highest BCUT2D eigenvalue weighted by Gasteiger charge is 2.39. The van der Waals surface area contributed by atoms with Crippen LogP contribution in [0.4, 0.5) is 4.79 Å². The highest BCUT2D eigenvalue weighted by Crippen LogP contribution is 2.39. The highest BCUT2D eigenvalue weighted by molar-refractivity contribution is 5.77. The Hall–Kier alpha value is -2.90. The maximum atomic E-state index is 13.0. The van der Waals surface area contributed by atoms with Gasteiger partial charge in [-0.1, -0.05) is 79.9 Å². The van der Waals surface area contributed by atoms with Gasteiger partial charge >= 0.3 is 6.09 Å². The molecular weight excluding hydrogens is 502 g/mol. The molecule has 218 valence electrons. The van der Waals surface area contributed by atoms with E-state index < -0.39 is 18.2 Å². The second-order valence-electron chi connectivity index (χ2n) is 12.7. The quantitative estimate of drug-likeness (QED) is 0.385. The predicted octanol–water partition coefficient (Wildman–Crippen LogP) is 5.07. The van der Waals surface area contributed by atoms with Gasteiger partial charge in [0.05, 0.1) is 12.1 Å². The minimum atomic E-state index is -0.821. The number of carbonyl (C=O) groups excluding carboxylic acids is 2. The summed E-state index contributed by atoms with van der Waals surface area (Å²) in [6.45, 7) is 7.45. The summed E-state index contributed by atoms with van der Waals surface area (Å²) >= 11 is 0. The van der Waals surface area contributed by atoms with Gasteiger partial charge in [-0.25, -0.2) is 4.79 Å². The Morgan fingerprint density at radius 2 is 1.60 bits per heavy atom. The number of rotatable bonds is 10. The number of nitrogens with zero attached hydrogens (tertiary/aromatic N) is 1. The summed E-state index contributed by atoms with van der Waals surface area (Å²) in [5.41, 5.74) is 1.65. The topological polar surface area (TPSA) is 90.9 Å². The first kappa shape index (κ1) is 30.1. The van der Waals surface area contributed by atoms with Crippen molar-refractivity contribution in [3.8, 4) is 0 Å². The number of amides is 2. The van der Waals surface area contributed by atoms with E-state index in [9.17, 15) is 14.7 Å². The van der Waals surface area contributed by atoms with E-state index in [1.165, 1.54) is 25.7 Å². The first-order valence-electron chi connectivity index (χ1n) is 14.9. The fourth-order valence-corrected chi connectivity index (χ4v) is 6.34.